The van der Waals surface area contributed by atoms with Gasteiger partial charge in [0.25, 0.3) is 5.91 Å². The van der Waals surface area contributed by atoms with Crippen molar-refractivity contribution in [3.63, 3.8) is 0 Å². The normalized spacial score (nSPS) is 12.0. The maximum Gasteiger partial charge on any atom is 0.252 e. The molecule has 5 nitrogen and oxygen atoms in total. The molecule has 0 fully saturated rings. The lowest BCUT2D eigenvalue weighted by molar-refractivity contribution is 0.0817. The van der Waals surface area contributed by atoms with E-state index >= 15 is 0 Å². The van der Waals surface area contributed by atoms with Crippen LogP contribution in [0.25, 0.3) is 10.9 Å². The Morgan fingerprint density at radius 2 is 1.89 bits per heavy atom. The van der Waals surface area contributed by atoms with Crippen LogP contribution in [0.3, 0.4) is 0 Å². The molecule has 1 unspecified atom stereocenters. The summed E-state index contributed by atoms with van der Waals surface area (Å²) in [6, 6.07) is 15.7. The van der Waals surface area contributed by atoms with Crippen molar-refractivity contribution in [3.8, 4) is 0 Å². The molecule has 1 aromatic heterocycles. The van der Waals surface area contributed by atoms with Crippen molar-refractivity contribution in [1.82, 2.24) is 10.3 Å². The highest BCUT2D eigenvalue weighted by atomic mass is 16.5. The maximum absolute atomic E-state index is 12.9. The van der Waals surface area contributed by atoms with Crippen molar-refractivity contribution in [1.29, 1.82) is 0 Å². The van der Waals surface area contributed by atoms with Crippen molar-refractivity contribution in [2.75, 3.05) is 19.0 Å². The highest BCUT2D eigenvalue weighted by Gasteiger charge is 2.15. The third-order valence-electron chi connectivity index (χ3n) is 5.02. The van der Waals surface area contributed by atoms with Gasteiger partial charge < -0.3 is 15.4 Å². The average Bonchev–Trinajstić information content (AvgIpc) is 2.70. The first kappa shape index (κ1) is 19.8. The minimum atomic E-state index is -0.128. The van der Waals surface area contributed by atoms with Crippen LogP contribution in [0.4, 0.5) is 11.5 Å². The molecule has 0 saturated heterocycles. The Kier molecular flexibility index (Phi) is 6.26. The second-order valence-corrected chi connectivity index (χ2v) is 6.97. The number of aryl methyl sites for hydroxylation is 2. The summed E-state index contributed by atoms with van der Waals surface area (Å²) >= 11 is 0. The van der Waals surface area contributed by atoms with Gasteiger partial charge >= 0.3 is 0 Å². The first-order valence-corrected chi connectivity index (χ1v) is 9.57. The van der Waals surface area contributed by atoms with Crippen LogP contribution in [-0.2, 0) is 4.74 Å². The minimum Gasteiger partial charge on any atom is -0.380 e. The molecule has 0 bridgehead atoms. The lowest BCUT2D eigenvalue weighted by Gasteiger charge is -2.15. The third-order valence-corrected chi connectivity index (χ3v) is 5.02. The summed E-state index contributed by atoms with van der Waals surface area (Å²) in [6.07, 6.45) is 0.846. The Hall–Kier alpha value is -2.92. The first-order chi connectivity index (χ1) is 13.5. The van der Waals surface area contributed by atoms with Gasteiger partial charge in [-0.1, -0.05) is 31.2 Å². The number of methoxy groups -OCH3 is 1. The number of hydrogen-bond acceptors (Lipinski definition) is 4. The number of carbonyl (C=O) groups excluding carboxylic acids is 1. The Morgan fingerprint density at radius 1 is 1.11 bits per heavy atom. The number of ether oxygens (including phenoxy) is 1. The van der Waals surface area contributed by atoms with E-state index in [0.29, 0.717) is 17.9 Å². The quantitative estimate of drug-likeness (QED) is 0.624. The molecule has 0 spiro atoms. The molecule has 1 atom stereocenters. The predicted octanol–water partition coefficient (Wildman–Crippen LogP) is 4.75. The molecule has 3 aromatic rings. The standard InChI is InChI=1S/C23H27N3O2/c1-5-18(28-4)14-24-23(27)20-13-22(26-21-9-7-6-8-19(20)21)25-17-11-10-15(2)16(3)12-17/h6-13,18H,5,14H2,1-4H3,(H,24,27)(H,25,26). The second kappa shape index (κ2) is 8.85. The van der Waals surface area contributed by atoms with Crippen molar-refractivity contribution in [2.45, 2.75) is 33.3 Å². The summed E-state index contributed by atoms with van der Waals surface area (Å²) in [7, 11) is 1.66. The van der Waals surface area contributed by atoms with Gasteiger partial charge in [-0.3, -0.25) is 4.79 Å². The van der Waals surface area contributed by atoms with Gasteiger partial charge in [-0.15, -0.1) is 0 Å². The molecular weight excluding hydrogens is 350 g/mol. The van der Waals surface area contributed by atoms with E-state index < -0.39 is 0 Å². The fourth-order valence-electron chi connectivity index (χ4n) is 3.09. The Balaban J connectivity index is 1.92. The number of nitrogens with zero attached hydrogens (tertiary/aromatic N) is 1. The van der Waals surface area contributed by atoms with E-state index in [2.05, 4.69) is 41.6 Å². The molecule has 0 aliphatic carbocycles. The fraction of sp³-hybridized carbons (Fsp3) is 0.304. The maximum atomic E-state index is 12.9. The van der Waals surface area contributed by atoms with Gasteiger partial charge in [0.05, 0.1) is 17.2 Å². The Labute approximate surface area is 166 Å². The van der Waals surface area contributed by atoms with E-state index in [1.54, 1.807) is 13.2 Å². The van der Waals surface area contributed by atoms with E-state index in [9.17, 15) is 4.79 Å². The summed E-state index contributed by atoms with van der Waals surface area (Å²) in [5.41, 5.74) is 4.76. The molecular formula is C23H27N3O2. The molecule has 0 aliphatic rings. The number of carbonyl (C=O) groups is 1. The van der Waals surface area contributed by atoms with Gasteiger partial charge in [0, 0.05) is 24.7 Å². The first-order valence-electron chi connectivity index (χ1n) is 9.57. The van der Waals surface area contributed by atoms with E-state index in [-0.39, 0.29) is 12.0 Å². The lowest BCUT2D eigenvalue weighted by atomic mass is 10.1. The van der Waals surface area contributed by atoms with Crippen LogP contribution in [0.5, 0.6) is 0 Å². The van der Waals surface area contributed by atoms with Gasteiger partial charge in [0.1, 0.15) is 5.82 Å². The minimum absolute atomic E-state index is 0.00480. The highest BCUT2D eigenvalue weighted by molar-refractivity contribution is 6.07. The highest BCUT2D eigenvalue weighted by Crippen LogP contribution is 2.24. The molecule has 146 valence electrons. The molecule has 1 amide bonds. The zero-order valence-corrected chi connectivity index (χ0v) is 16.9. The number of rotatable bonds is 7. The number of amides is 1. The number of aromatic nitrogens is 1. The SMILES string of the molecule is CCC(CNC(=O)c1cc(Nc2ccc(C)c(C)c2)nc2ccccc12)OC. The summed E-state index contributed by atoms with van der Waals surface area (Å²) in [5, 5.41) is 7.14. The molecule has 0 radical (unpaired) electrons. The number of nitrogens with one attached hydrogen (secondary N) is 2. The number of pyridine rings is 1. The topological polar surface area (TPSA) is 63.2 Å². The van der Waals surface area contributed by atoms with E-state index in [1.165, 1.54) is 11.1 Å². The van der Waals surface area contributed by atoms with Crippen LogP contribution in [0.2, 0.25) is 0 Å². The van der Waals surface area contributed by atoms with Gasteiger partial charge in [-0.05, 0) is 55.7 Å². The summed E-state index contributed by atoms with van der Waals surface area (Å²) in [6.45, 7) is 6.67. The molecule has 0 aliphatic heterocycles. The van der Waals surface area contributed by atoms with Gasteiger partial charge in [-0.2, -0.15) is 0 Å². The van der Waals surface area contributed by atoms with Crippen molar-refractivity contribution in [3.05, 3.63) is 65.2 Å². The van der Waals surface area contributed by atoms with E-state index in [1.807, 2.05) is 37.3 Å². The number of para-hydroxylation sites is 1. The van der Waals surface area contributed by atoms with Crippen molar-refractivity contribution in [2.24, 2.45) is 0 Å². The van der Waals surface area contributed by atoms with Crippen LogP contribution in [0, 0.1) is 13.8 Å². The lowest BCUT2D eigenvalue weighted by Crippen LogP contribution is -2.33. The van der Waals surface area contributed by atoms with Crippen LogP contribution < -0.4 is 10.6 Å². The van der Waals surface area contributed by atoms with Crippen LogP contribution >= 0.6 is 0 Å². The summed E-state index contributed by atoms with van der Waals surface area (Å²) < 4.78 is 5.36. The smallest absolute Gasteiger partial charge is 0.252 e. The largest absolute Gasteiger partial charge is 0.380 e. The van der Waals surface area contributed by atoms with Crippen LogP contribution in [-0.4, -0.2) is 30.6 Å². The monoisotopic (exact) mass is 377 g/mol. The molecule has 28 heavy (non-hydrogen) atoms. The summed E-state index contributed by atoms with van der Waals surface area (Å²) in [5.74, 6) is 0.517. The molecule has 2 N–H and O–H groups in total. The molecule has 0 saturated carbocycles. The molecule has 2 aromatic carbocycles. The number of fused-ring (bicyclic) bond motifs is 1. The summed E-state index contributed by atoms with van der Waals surface area (Å²) in [4.78, 5) is 17.6. The fourth-order valence-corrected chi connectivity index (χ4v) is 3.09. The van der Waals surface area contributed by atoms with Crippen molar-refractivity contribution >= 4 is 28.3 Å². The number of hydrogen-bond donors (Lipinski definition) is 2. The zero-order chi connectivity index (χ0) is 20.1. The number of anilines is 2. The number of benzene rings is 2. The second-order valence-electron chi connectivity index (χ2n) is 6.97. The Morgan fingerprint density at radius 3 is 2.61 bits per heavy atom. The molecule has 1 heterocycles. The van der Waals surface area contributed by atoms with Gasteiger partial charge in [0.2, 0.25) is 0 Å². The molecule has 3 rings (SSSR count). The van der Waals surface area contributed by atoms with E-state index in [0.717, 1.165) is 23.0 Å². The average molecular weight is 377 g/mol. The van der Waals surface area contributed by atoms with Crippen molar-refractivity contribution < 1.29 is 9.53 Å². The Bertz CT molecular complexity index is 981. The zero-order valence-electron chi connectivity index (χ0n) is 16.9. The predicted molar refractivity (Wildman–Crippen MR) is 114 cm³/mol. The van der Waals surface area contributed by atoms with Gasteiger partial charge in [0.15, 0.2) is 0 Å². The third kappa shape index (κ3) is 4.49. The van der Waals surface area contributed by atoms with Gasteiger partial charge in [-0.25, -0.2) is 4.98 Å². The van der Waals surface area contributed by atoms with E-state index in [4.69, 9.17) is 4.74 Å². The molecule has 5 heteroatoms. The van der Waals surface area contributed by atoms with Crippen LogP contribution in [0.1, 0.15) is 34.8 Å². The van der Waals surface area contributed by atoms with Crippen LogP contribution in [0.15, 0.2) is 48.5 Å².